The molecule has 1 aliphatic carbocycles. The molecular formula is C8H14N4. The van der Waals surface area contributed by atoms with Crippen LogP contribution in [0.4, 0.5) is 0 Å². The van der Waals surface area contributed by atoms with Gasteiger partial charge in [0.1, 0.15) is 12.7 Å². The van der Waals surface area contributed by atoms with Gasteiger partial charge in [0.25, 0.3) is 0 Å². The van der Waals surface area contributed by atoms with E-state index >= 15 is 0 Å². The van der Waals surface area contributed by atoms with Crippen LogP contribution in [-0.2, 0) is 6.54 Å². The van der Waals surface area contributed by atoms with Gasteiger partial charge < -0.3 is 5.73 Å². The van der Waals surface area contributed by atoms with E-state index in [2.05, 4.69) is 17.0 Å². The van der Waals surface area contributed by atoms with Gasteiger partial charge in [-0.3, -0.25) is 4.68 Å². The molecule has 4 nitrogen and oxygen atoms in total. The summed E-state index contributed by atoms with van der Waals surface area (Å²) in [6, 6.07) is 0. The Morgan fingerprint density at radius 3 is 3.00 bits per heavy atom. The molecule has 1 aromatic heterocycles. The summed E-state index contributed by atoms with van der Waals surface area (Å²) in [5, 5.41) is 4.02. The van der Waals surface area contributed by atoms with Gasteiger partial charge in [0, 0.05) is 12.1 Å². The summed E-state index contributed by atoms with van der Waals surface area (Å²) in [6.07, 6.45) is 5.45. The van der Waals surface area contributed by atoms with Gasteiger partial charge in [-0.2, -0.15) is 5.10 Å². The zero-order chi connectivity index (χ0) is 8.60. The van der Waals surface area contributed by atoms with Crippen LogP contribution in [0.25, 0.3) is 0 Å². The summed E-state index contributed by atoms with van der Waals surface area (Å²) in [5.41, 5.74) is 6.13. The molecule has 0 aromatic carbocycles. The SMILES string of the molecule is CC1CC1(N)CCn1cncn1. The molecule has 0 saturated heterocycles. The Bertz CT molecular complexity index is 256. The molecule has 0 bridgehead atoms. The van der Waals surface area contributed by atoms with Crippen LogP contribution < -0.4 is 5.73 Å². The fraction of sp³-hybridized carbons (Fsp3) is 0.750. The number of hydrogen-bond acceptors (Lipinski definition) is 3. The summed E-state index contributed by atoms with van der Waals surface area (Å²) < 4.78 is 1.83. The highest BCUT2D eigenvalue weighted by Crippen LogP contribution is 2.43. The topological polar surface area (TPSA) is 56.7 Å². The molecule has 0 aliphatic heterocycles. The van der Waals surface area contributed by atoms with Crippen molar-refractivity contribution in [1.29, 1.82) is 0 Å². The lowest BCUT2D eigenvalue weighted by atomic mass is 10.1. The van der Waals surface area contributed by atoms with E-state index < -0.39 is 0 Å². The minimum absolute atomic E-state index is 0.0892. The van der Waals surface area contributed by atoms with E-state index in [0.29, 0.717) is 5.92 Å². The Morgan fingerprint density at radius 1 is 1.75 bits per heavy atom. The smallest absolute Gasteiger partial charge is 0.137 e. The van der Waals surface area contributed by atoms with E-state index in [0.717, 1.165) is 19.4 Å². The standard InChI is InChI=1S/C8H14N4/c1-7-4-8(7,9)2-3-12-6-10-5-11-12/h5-7H,2-4,9H2,1H3. The van der Waals surface area contributed by atoms with Crippen LogP contribution in [0.2, 0.25) is 0 Å². The molecule has 1 heterocycles. The third kappa shape index (κ3) is 1.34. The summed E-state index contributed by atoms with van der Waals surface area (Å²) in [7, 11) is 0. The number of aromatic nitrogens is 3. The Hall–Kier alpha value is -0.900. The molecule has 2 N–H and O–H groups in total. The van der Waals surface area contributed by atoms with Gasteiger partial charge in [-0.25, -0.2) is 4.98 Å². The highest BCUT2D eigenvalue weighted by molar-refractivity contribution is 5.04. The van der Waals surface area contributed by atoms with E-state index in [1.807, 2.05) is 4.68 Å². The van der Waals surface area contributed by atoms with Crippen LogP contribution in [-0.4, -0.2) is 20.3 Å². The van der Waals surface area contributed by atoms with Crippen LogP contribution in [0.5, 0.6) is 0 Å². The molecular weight excluding hydrogens is 152 g/mol. The van der Waals surface area contributed by atoms with Gasteiger partial charge in [-0.15, -0.1) is 0 Å². The molecule has 0 radical (unpaired) electrons. The number of hydrogen-bond donors (Lipinski definition) is 1. The summed E-state index contributed by atoms with van der Waals surface area (Å²) in [4.78, 5) is 3.87. The molecule has 2 atom stereocenters. The summed E-state index contributed by atoms with van der Waals surface area (Å²) in [5.74, 6) is 0.682. The number of aryl methyl sites for hydroxylation is 1. The third-order valence-corrected chi connectivity index (χ3v) is 2.78. The lowest BCUT2D eigenvalue weighted by Crippen LogP contribution is -2.26. The van der Waals surface area contributed by atoms with Gasteiger partial charge in [-0.05, 0) is 18.8 Å². The third-order valence-electron chi connectivity index (χ3n) is 2.78. The molecule has 1 fully saturated rings. The number of nitrogens with zero attached hydrogens (tertiary/aromatic N) is 3. The molecule has 66 valence electrons. The van der Waals surface area contributed by atoms with Crippen LogP contribution >= 0.6 is 0 Å². The Morgan fingerprint density at radius 2 is 2.50 bits per heavy atom. The van der Waals surface area contributed by atoms with E-state index in [-0.39, 0.29) is 5.54 Å². The monoisotopic (exact) mass is 166 g/mol. The van der Waals surface area contributed by atoms with Crippen molar-refractivity contribution >= 4 is 0 Å². The minimum atomic E-state index is 0.0892. The van der Waals surface area contributed by atoms with Gasteiger partial charge in [0.15, 0.2) is 0 Å². The zero-order valence-electron chi connectivity index (χ0n) is 7.27. The first kappa shape index (κ1) is 7.73. The van der Waals surface area contributed by atoms with Crippen molar-refractivity contribution < 1.29 is 0 Å². The van der Waals surface area contributed by atoms with Crippen molar-refractivity contribution in [2.45, 2.75) is 31.8 Å². The zero-order valence-corrected chi connectivity index (χ0v) is 7.27. The second-order valence-electron chi connectivity index (χ2n) is 3.75. The first-order valence-corrected chi connectivity index (χ1v) is 4.32. The van der Waals surface area contributed by atoms with Crippen molar-refractivity contribution in [3.63, 3.8) is 0 Å². The van der Waals surface area contributed by atoms with E-state index in [9.17, 15) is 0 Å². The van der Waals surface area contributed by atoms with Crippen LogP contribution in [0, 0.1) is 5.92 Å². The fourth-order valence-electron chi connectivity index (χ4n) is 1.53. The molecule has 2 unspecified atom stereocenters. The Balaban J connectivity index is 1.84. The van der Waals surface area contributed by atoms with Crippen molar-refractivity contribution in [2.24, 2.45) is 11.7 Å². The molecule has 2 rings (SSSR count). The fourth-order valence-corrected chi connectivity index (χ4v) is 1.53. The molecule has 1 aromatic rings. The van der Waals surface area contributed by atoms with Gasteiger partial charge in [-0.1, -0.05) is 6.92 Å². The van der Waals surface area contributed by atoms with E-state index in [1.165, 1.54) is 0 Å². The average Bonchev–Trinajstić information content (AvgIpc) is 2.57. The van der Waals surface area contributed by atoms with Crippen molar-refractivity contribution in [3.8, 4) is 0 Å². The van der Waals surface area contributed by atoms with E-state index in [1.54, 1.807) is 12.7 Å². The molecule has 1 saturated carbocycles. The summed E-state index contributed by atoms with van der Waals surface area (Å²) in [6.45, 7) is 3.09. The summed E-state index contributed by atoms with van der Waals surface area (Å²) >= 11 is 0. The minimum Gasteiger partial charge on any atom is -0.325 e. The molecule has 0 spiro atoms. The Labute approximate surface area is 71.8 Å². The Kier molecular flexibility index (Phi) is 1.65. The quantitative estimate of drug-likeness (QED) is 0.707. The predicted octanol–water partition coefficient (Wildman–Crippen LogP) is 0.405. The van der Waals surface area contributed by atoms with Gasteiger partial charge in [0.2, 0.25) is 0 Å². The number of rotatable bonds is 3. The van der Waals surface area contributed by atoms with Gasteiger partial charge >= 0.3 is 0 Å². The molecule has 1 aliphatic rings. The van der Waals surface area contributed by atoms with Gasteiger partial charge in [0.05, 0.1) is 0 Å². The van der Waals surface area contributed by atoms with E-state index in [4.69, 9.17) is 5.73 Å². The van der Waals surface area contributed by atoms with Crippen molar-refractivity contribution in [1.82, 2.24) is 14.8 Å². The lowest BCUT2D eigenvalue weighted by Gasteiger charge is -2.08. The predicted molar refractivity (Wildman–Crippen MR) is 45.3 cm³/mol. The first-order chi connectivity index (χ1) is 5.71. The second kappa shape index (κ2) is 2.55. The van der Waals surface area contributed by atoms with Crippen molar-refractivity contribution in [2.75, 3.05) is 0 Å². The number of nitrogens with two attached hydrogens (primary N) is 1. The highest BCUT2D eigenvalue weighted by atomic mass is 15.3. The maximum absolute atomic E-state index is 6.05. The lowest BCUT2D eigenvalue weighted by molar-refractivity contribution is 0.478. The van der Waals surface area contributed by atoms with Crippen LogP contribution in [0.15, 0.2) is 12.7 Å². The van der Waals surface area contributed by atoms with Crippen LogP contribution in [0.3, 0.4) is 0 Å². The largest absolute Gasteiger partial charge is 0.325 e. The molecule has 12 heavy (non-hydrogen) atoms. The maximum atomic E-state index is 6.05. The maximum Gasteiger partial charge on any atom is 0.137 e. The van der Waals surface area contributed by atoms with Crippen molar-refractivity contribution in [3.05, 3.63) is 12.7 Å². The highest BCUT2D eigenvalue weighted by Gasteiger charge is 2.46. The first-order valence-electron chi connectivity index (χ1n) is 4.32. The normalized spacial score (nSPS) is 33.7. The average molecular weight is 166 g/mol. The second-order valence-corrected chi connectivity index (χ2v) is 3.75. The van der Waals surface area contributed by atoms with Crippen LogP contribution in [0.1, 0.15) is 19.8 Å². The molecule has 0 amide bonds. The molecule has 4 heteroatoms.